The molecule has 2 heteroatoms. The maximum Gasteiger partial charge on any atom is 0.106 e. The second kappa shape index (κ2) is 6.23. The van der Waals surface area contributed by atoms with Gasteiger partial charge in [0.2, 0.25) is 0 Å². The van der Waals surface area contributed by atoms with Gasteiger partial charge in [-0.25, -0.2) is 8.78 Å². The molecule has 5 aliphatic carbocycles. The number of hydrogen-bond donors (Lipinski definition) is 0. The summed E-state index contributed by atoms with van der Waals surface area (Å²) in [5.74, 6) is 1.43. The largest absolute Gasteiger partial charge is 0.247 e. The maximum atomic E-state index is 14.1. The fraction of sp³-hybridized carbons (Fsp3) is 1.00. The zero-order chi connectivity index (χ0) is 16.9. The average Bonchev–Trinajstić information content (AvgIpc) is 2.60. The van der Waals surface area contributed by atoms with E-state index in [1.54, 1.807) is 6.92 Å². The lowest BCUT2D eigenvalue weighted by Crippen LogP contribution is -2.45. The van der Waals surface area contributed by atoms with Crippen molar-refractivity contribution >= 4 is 0 Å². The van der Waals surface area contributed by atoms with Crippen LogP contribution >= 0.6 is 0 Å². The van der Waals surface area contributed by atoms with E-state index >= 15 is 0 Å². The Balaban J connectivity index is 1.34. The van der Waals surface area contributed by atoms with Crippen LogP contribution in [0.2, 0.25) is 0 Å². The predicted octanol–water partition coefficient (Wildman–Crippen LogP) is 6.88. The van der Waals surface area contributed by atoms with Gasteiger partial charge in [0.25, 0.3) is 0 Å². The standard InChI is InChI=1S/C22H36F2/c1-15-19(23)13-17(14-20(15)24)16-3-5-18(6-4-16)22-10-7-21(2,8-11-22)9-12-22/h15-20H,3-14H2,1-2H3. The van der Waals surface area contributed by atoms with E-state index in [-0.39, 0.29) is 5.92 Å². The molecule has 0 aromatic carbocycles. The van der Waals surface area contributed by atoms with Gasteiger partial charge in [0.1, 0.15) is 12.3 Å². The molecule has 0 radical (unpaired) electrons. The van der Waals surface area contributed by atoms with Crippen LogP contribution in [0.1, 0.15) is 90.9 Å². The molecule has 24 heavy (non-hydrogen) atoms. The van der Waals surface area contributed by atoms with Crippen LogP contribution in [0.15, 0.2) is 0 Å². The predicted molar refractivity (Wildman–Crippen MR) is 95.4 cm³/mol. The van der Waals surface area contributed by atoms with E-state index in [2.05, 4.69) is 6.92 Å². The van der Waals surface area contributed by atoms with E-state index in [9.17, 15) is 8.78 Å². The molecule has 0 N–H and O–H groups in total. The summed E-state index contributed by atoms with van der Waals surface area (Å²) in [6.45, 7) is 4.25. The number of hydrogen-bond acceptors (Lipinski definition) is 0. The highest BCUT2D eigenvalue weighted by Crippen LogP contribution is 2.62. The summed E-state index contributed by atoms with van der Waals surface area (Å²) in [6.07, 6.45) is 13.3. The summed E-state index contributed by atoms with van der Waals surface area (Å²) in [5, 5.41) is 0. The molecule has 2 unspecified atom stereocenters. The van der Waals surface area contributed by atoms with Crippen LogP contribution in [0.25, 0.3) is 0 Å². The van der Waals surface area contributed by atoms with Crippen molar-refractivity contribution in [1.29, 1.82) is 0 Å². The van der Waals surface area contributed by atoms with Crippen molar-refractivity contribution in [1.82, 2.24) is 0 Å². The highest BCUT2D eigenvalue weighted by atomic mass is 19.1. The van der Waals surface area contributed by atoms with Gasteiger partial charge in [-0.15, -0.1) is 0 Å². The van der Waals surface area contributed by atoms with Crippen molar-refractivity contribution in [2.24, 2.45) is 34.5 Å². The molecule has 2 atom stereocenters. The zero-order valence-electron chi connectivity index (χ0n) is 15.7. The summed E-state index contributed by atoms with van der Waals surface area (Å²) < 4.78 is 28.2. The lowest BCUT2D eigenvalue weighted by molar-refractivity contribution is -0.0594. The Morgan fingerprint density at radius 3 is 1.71 bits per heavy atom. The van der Waals surface area contributed by atoms with Gasteiger partial charge in [0.15, 0.2) is 0 Å². The third-order valence-electron chi connectivity index (χ3n) is 9.18. The van der Waals surface area contributed by atoms with Crippen LogP contribution < -0.4 is 0 Å². The van der Waals surface area contributed by atoms with Crippen LogP contribution in [0.3, 0.4) is 0 Å². The first-order valence-corrected chi connectivity index (χ1v) is 10.7. The molecule has 0 nitrogen and oxygen atoms in total. The van der Waals surface area contributed by atoms with Crippen molar-refractivity contribution in [3.05, 3.63) is 0 Å². The Kier molecular flexibility index (Phi) is 4.49. The van der Waals surface area contributed by atoms with Gasteiger partial charge in [-0.3, -0.25) is 0 Å². The molecule has 5 rings (SSSR count). The SMILES string of the molecule is CC1C(F)CC(C2CCC(C34CCC(C)(CC3)CC4)CC2)CC1F. The van der Waals surface area contributed by atoms with Crippen molar-refractivity contribution in [2.45, 2.75) is 103 Å². The molecule has 0 heterocycles. The Morgan fingerprint density at radius 2 is 1.21 bits per heavy atom. The second-order valence-corrected chi connectivity index (χ2v) is 10.4. The Bertz CT molecular complexity index is 414. The summed E-state index contributed by atoms with van der Waals surface area (Å²) in [4.78, 5) is 0. The van der Waals surface area contributed by atoms with Crippen LogP contribution in [-0.2, 0) is 0 Å². The highest BCUT2D eigenvalue weighted by molar-refractivity contribution is 5.01. The van der Waals surface area contributed by atoms with E-state index in [1.165, 1.54) is 64.2 Å². The lowest BCUT2D eigenvalue weighted by Gasteiger charge is -2.57. The molecule has 138 valence electrons. The summed E-state index contributed by atoms with van der Waals surface area (Å²) in [7, 11) is 0. The van der Waals surface area contributed by atoms with Gasteiger partial charge >= 0.3 is 0 Å². The number of rotatable bonds is 2. The molecule has 0 aromatic heterocycles. The molecule has 5 aliphatic rings. The molecule has 0 spiro atoms. The summed E-state index contributed by atoms with van der Waals surface area (Å²) in [5.41, 5.74) is 1.30. The first-order valence-electron chi connectivity index (χ1n) is 10.7. The average molecular weight is 339 g/mol. The first kappa shape index (κ1) is 17.3. The van der Waals surface area contributed by atoms with Gasteiger partial charge in [-0.05, 0) is 106 Å². The molecule has 0 saturated heterocycles. The van der Waals surface area contributed by atoms with Crippen molar-refractivity contribution in [3.8, 4) is 0 Å². The highest BCUT2D eigenvalue weighted by Gasteiger charge is 2.50. The van der Waals surface area contributed by atoms with Gasteiger partial charge in [0, 0.05) is 5.92 Å². The molecule has 2 bridgehead atoms. The smallest absolute Gasteiger partial charge is 0.106 e. The topological polar surface area (TPSA) is 0 Å². The van der Waals surface area contributed by atoms with Crippen LogP contribution in [-0.4, -0.2) is 12.3 Å². The second-order valence-electron chi connectivity index (χ2n) is 10.4. The van der Waals surface area contributed by atoms with Gasteiger partial charge in [0.05, 0.1) is 0 Å². The normalized spacial score (nSPS) is 55.5. The fourth-order valence-electron chi connectivity index (χ4n) is 6.93. The number of halogens is 2. The van der Waals surface area contributed by atoms with Crippen LogP contribution in [0.5, 0.6) is 0 Å². The van der Waals surface area contributed by atoms with E-state index in [1.807, 2.05) is 0 Å². The van der Waals surface area contributed by atoms with Gasteiger partial charge in [-0.2, -0.15) is 0 Å². The number of alkyl halides is 2. The van der Waals surface area contributed by atoms with Crippen LogP contribution in [0.4, 0.5) is 8.78 Å². The first-order chi connectivity index (χ1) is 11.4. The molecule has 5 saturated carbocycles. The molecule has 0 amide bonds. The zero-order valence-corrected chi connectivity index (χ0v) is 15.7. The van der Waals surface area contributed by atoms with Crippen molar-refractivity contribution < 1.29 is 8.78 Å². The Morgan fingerprint density at radius 1 is 0.708 bits per heavy atom. The van der Waals surface area contributed by atoms with Crippen LogP contribution in [0, 0.1) is 34.5 Å². The molecule has 0 aliphatic heterocycles. The maximum absolute atomic E-state index is 14.1. The summed E-state index contributed by atoms with van der Waals surface area (Å²) in [6, 6.07) is 0. The minimum atomic E-state index is -0.913. The van der Waals surface area contributed by atoms with Crippen molar-refractivity contribution in [3.63, 3.8) is 0 Å². The minimum absolute atomic E-state index is 0.311. The van der Waals surface area contributed by atoms with E-state index < -0.39 is 12.3 Å². The molecular formula is C22H36F2. The number of fused-ring (bicyclic) bond motifs is 3. The Labute approximate surface area is 147 Å². The summed E-state index contributed by atoms with van der Waals surface area (Å²) >= 11 is 0. The minimum Gasteiger partial charge on any atom is -0.247 e. The molecular weight excluding hydrogens is 302 g/mol. The van der Waals surface area contributed by atoms with Crippen molar-refractivity contribution in [2.75, 3.05) is 0 Å². The Hall–Kier alpha value is -0.140. The van der Waals surface area contributed by atoms with E-state index in [0.717, 1.165) is 5.92 Å². The van der Waals surface area contributed by atoms with Gasteiger partial charge in [-0.1, -0.05) is 13.8 Å². The lowest BCUT2D eigenvalue weighted by atomic mass is 9.48. The third-order valence-corrected chi connectivity index (χ3v) is 9.18. The van der Waals surface area contributed by atoms with E-state index in [4.69, 9.17) is 0 Å². The molecule has 0 aromatic rings. The third kappa shape index (κ3) is 2.94. The fourth-order valence-corrected chi connectivity index (χ4v) is 6.93. The monoisotopic (exact) mass is 338 g/mol. The van der Waals surface area contributed by atoms with Gasteiger partial charge < -0.3 is 0 Å². The van der Waals surface area contributed by atoms with E-state index in [0.29, 0.717) is 35.5 Å². The molecule has 5 fully saturated rings. The quantitative estimate of drug-likeness (QED) is 0.515.